The van der Waals surface area contributed by atoms with Crippen molar-refractivity contribution in [2.75, 3.05) is 25.5 Å². The molecule has 0 radical (unpaired) electrons. The van der Waals surface area contributed by atoms with E-state index >= 15 is 0 Å². The highest BCUT2D eigenvalue weighted by Gasteiger charge is 2.64. The monoisotopic (exact) mass is 587 g/mol. The van der Waals surface area contributed by atoms with Gasteiger partial charge in [-0.25, -0.2) is 0 Å². The molecule has 10 nitrogen and oxygen atoms in total. The summed E-state index contributed by atoms with van der Waals surface area (Å²) in [6.07, 6.45) is -4.11. The summed E-state index contributed by atoms with van der Waals surface area (Å²) in [6, 6.07) is 19.2. The number of likely N-dealkylation sites (N-methyl/N-ethyl adjacent to an activating group) is 1. The lowest BCUT2D eigenvalue weighted by molar-refractivity contribution is -0.325. The van der Waals surface area contributed by atoms with Crippen LogP contribution in [0.15, 0.2) is 60.7 Å². The van der Waals surface area contributed by atoms with Crippen molar-refractivity contribution in [3.05, 3.63) is 71.9 Å². The number of anilines is 1. The molecule has 3 N–H and O–H groups in total. The van der Waals surface area contributed by atoms with Gasteiger partial charge in [-0.05, 0) is 31.7 Å². The van der Waals surface area contributed by atoms with Gasteiger partial charge in [0.15, 0.2) is 6.29 Å². The Balaban J connectivity index is 1.24. The lowest BCUT2D eigenvalue weighted by atomic mass is 9.71. The molecule has 3 aromatic rings. The van der Waals surface area contributed by atoms with Crippen LogP contribution in [0.25, 0.3) is 10.9 Å². The summed E-state index contributed by atoms with van der Waals surface area (Å²) in [6.45, 7) is 2.63. The zero-order chi connectivity index (χ0) is 29.9. The van der Waals surface area contributed by atoms with Crippen molar-refractivity contribution in [2.45, 2.75) is 74.5 Å². The molecular formula is C33H37N3O7. The minimum Gasteiger partial charge on any atom is -0.388 e. The minimum absolute atomic E-state index is 0.194. The van der Waals surface area contributed by atoms with Crippen molar-refractivity contribution in [3.63, 3.8) is 0 Å². The quantitative estimate of drug-likeness (QED) is 0.399. The van der Waals surface area contributed by atoms with E-state index in [2.05, 4.69) is 5.32 Å². The summed E-state index contributed by atoms with van der Waals surface area (Å²) in [5, 5.41) is 26.2. The number of hydrogen-bond acceptors (Lipinski definition) is 9. The zero-order valence-electron chi connectivity index (χ0n) is 24.3. The number of amides is 1. The van der Waals surface area contributed by atoms with Crippen molar-refractivity contribution in [2.24, 2.45) is 5.92 Å². The highest BCUT2D eigenvalue weighted by atomic mass is 16.7. The number of carbonyl (C=O) groups excluding carboxylic acids is 2. The maximum Gasteiger partial charge on any atom is 0.250 e. The first-order valence-corrected chi connectivity index (χ1v) is 15.1. The molecular weight excluding hydrogens is 550 g/mol. The number of benzene rings is 2. The molecule has 1 aromatic heterocycles. The number of fused-ring (bicyclic) bond motifs is 4. The summed E-state index contributed by atoms with van der Waals surface area (Å²) in [4.78, 5) is 35.5. The molecule has 5 heterocycles. The van der Waals surface area contributed by atoms with E-state index in [-0.39, 0.29) is 24.7 Å². The number of aliphatic hydroxyl groups excluding tert-OH is 2. The van der Waals surface area contributed by atoms with E-state index in [0.29, 0.717) is 18.7 Å². The zero-order valence-corrected chi connectivity index (χ0v) is 24.3. The number of likely N-dealkylation sites (tertiary alicyclic amines) is 1. The smallest absolute Gasteiger partial charge is 0.250 e. The molecule has 0 aliphatic carbocycles. The van der Waals surface area contributed by atoms with Crippen LogP contribution in [0.1, 0.15) is 43.4 Å². The third-order valence-electron chi connectivity index (χ3n) is 9.67. The van der Waals surface area contributed by atoms with Crippen LogP contribution in [-0.2, 0) is 29.3 Å². The minimum atomic E-state index is -1.34. The second-order valence-corrected chi connectivity index (χ2v) is 12.2. The largest absolute Gasteiger partial charge is 0.388 e. The van der Waals surface area contributed by atoms with Crippen LogP contribution in [0.2, 0.25) is 0 Å². The summed E-state index contributed by atoms with van der Waals surface area (Å²) in [5.41, 5.74) is 1.68. The summed E-state index contributed by atoms with van der Waals surface area (Å²) in [7, 11) is 1.87. The molecule has 0 bridgehead atoms. The third kappa shape index (κ3) is 4.51. The number of aliphatic hydroxyl groups is 2. The number of aromatic nitrogens is 1. The number of Topliss-reactive ketones (excluding diaryl/α,β-unsaturated/α-hetero) is 1. The predicted octanol–water partition coefficient (Wildman–Crippen LogP) is 2.72. The molecule has 0 saturated carbocycles. The van der Waals surface area contributed by atoms with Gasteiger partial charge in [-0.1, -0.05) is 55.8 Å². The Morgan fingerprint density at radius 2 is 1.86 bits per heavy atom. The second kappa shape index (κ2) is 11.0. The first-order valence-electron chi connectivity index (χ1n) is 15.1. The van der Waals surface area contributed by atoms with E-state index < -0.39 is 54.2 Å². The molecule has 1 spiro atoms. The van der Waals surface area contributed by atoms with Crippen molar-refractivity contribution in [1.82, 2.24) is 9.88 Å². The van der Waals surface area contributed by atoms with Crippen LogP contribution < -0.4 is 5.32 Å². The van der Waals surface area contributed by atoms with Gasteiger partial charge in [0.25, 0.3) is 0 Å². The molecule has 7 rings (SSSR count). The number of pyridine rings is 1. The van der Waals surface area contributed by atoms with E-state index in [1.807, 2.05) is 79.5 Å². The predicted molar refractivity (Wildman–Crippen MR) is 157 cm³/mol. The van der Waals surface area contributed by atoms with Gasteiger partial charge >= 0.3 is 0 Å². The third-order valence-corrected chi connectivity index (χ3v) is 9.67. The molecule has 4 aliphatic rings. The number of carbonyl (C=O) groups is 2. The van der Waals surface area contributed by atoms with Gasteiger partial charge in [0.2, 0.25) is 5.91 Å². The van der Waals surface area contributed by atoms with Gasteiger partial charge in [0, 0.05) is 41.2 Å². The Labute approximate surface area is 249 Å². The Morgan fingerprint density at radius 3 is 2.70 bits per heavy atom. The van der Waals surface area contributed by atoms with Crippen molar-refractivity contribution in [1.29, 1.82) is 0 Å². The van der Waals surface area contributed by atoms with Gasteiger partial charge in [-0.15, -0.1) is 0 Å². The molecule has 3 fully saturated rings. The number of hydrogen-bond donors (Lipinski definition) is 3. The molecule has 3 saturated heterocycles. The highest BCUT2D eigenvalue weighted by molar-refractivity contribution is 6.09. The van der Waals surface area contributed by atoms with Crippen LogP contribution in [0.5, 0.6) is 0 Å². The van der Waals surface area contributed by atoms with Crippen LogP contribution in [0.3, 0.4) is 0 Å². The van der Waals surface area contributed by atoms with E-state index in [0.717, 1.165) is 28.6 Å². The molecule has 43 heavy (non-hydrogen) atoms. The Kier molecular flexibility index (Phi) is 7.32. The fourth-order valence-corrected chi connectivity index (χ4v) is 7.65. The normalized spacial score (nSPS) is 35.6. The molecule has 1 amide bonds. The fourth-order valence-electron chi connectivity index (χ4n) is 7.65. The number of ether oxygens (including phenoxy) is 3. The SMILES string of the molecule is CCCC1OC[C@H]2O[C@@H](CC(=O)[C@@H]3[C@@H](c4ccc5ccccc5n4)CN(C)[C@@]34C(=O)Nc3ccccc34)[C@H](O)[C@@H](O)[C@@H]2O1. The van der Waals surface area contributed by atoms with Crippen molar-refractivity contribution < 1.29 is 34.0 Å². The van der Waals surface area contributed by atoms with Crippen LogP contribution >= 0.6 is 0 Å². The van der Waals surface area contributed by atoms with Gasteiger partial charge in [-0.3, -0.25) is 19.5 Å². The molecule has 1 unspecified atom stereocenters. The lowest BCUT2D eigenvalue weighted by Crippen LogP contribution is -2.63. The number of para-hydroxylation sites is 2. The maximum absolute atomic E-state index is 14.6. The first-order chi connectivity index (χ1) is 20.8. The van der Waals surface area contributed by atoms with E-state index in [1.54, 1.807) is 0 Å². The molecule has 4 aliphatic heterocycles. The number of nitrogens with one attached hydrogen (secondary N) is 1. The Morgan fingerprint density at radius 1 is 1.07 bits per heavy atom. The van der Waals surface area contributed by atoms with Crippen molar-refractivity contribution in [3.8, 4) is 0 Å². The van der Waals surface area contributed by atoms with Gasteiger partial charge in [-0.2, -0.15) is 0 Å². The lowest BCUT2D eigenvalue weighted by Gasteiger charge is -2.47. The van der Waals surface area contributed by atoms with Gasteiger partial charge in [0.1, 0.15) is 35.7 Å². The molecule has 226 valence electrons. The van der Waals surface area contributed by atoms with Crippen LogP contribution in [0.4, 0.5) is 5.69 Å². The topological polar surface area (TPSA) is 130 Å². The summed E-state index contributed by atoms with van der Waals surface area (Å²) in [5.74, 6) is -1.74. The number of rotatable bonds is 6. The number of ketones is 1. The summed E-state index contributed by atoms with van der Waals surface area (Å²) < 4.78 is 17.9. The first kappa shape index (κ1) is 28.5. The standard InChI is InChI=1S/C33H37N3O7/c1-3-8-27-41-17-26-31(43-27)30(39)29(38)25(42-26)15-24(37)28-19(22-14-13-18-9-4-6-11-21(18)34-22)16-36(2)33(28)20-10-5-7-12-23(20)35-32(33)40/h4-7,9-14,19,25-31,38-39H,3,8,15-17H2,1-2H3,(H,35,40)/t19-,25+,26-,27?,28+,29+,30-,31-,33-/m1/s1. The fraction of sp³-hybridized carbons (Fsp3) is 0.485. The van der Waals surface area contributed by atoms with Crippen LogP contribution in [-0.4, -0.2) is 88.8 Å². The maximum atomic E-state index is 14.6. The average Bonchev–Trinajstić information content (AvgIpc) is 3.49. The van der Waals surface area contributed by atoms with Crippen molar-refractivity contribution >= 4 is 28.3 Å². The van der Waals surface area contributed by atoms with Gasteiger partial charge in [0.05, 0.1) is 24.1 Å². The Bertz CT molecular complexity index is 1550. The van der Waals surface area contributed by atoms with Gasteiger partial charge < -0.3 is 29.7 Å². The molecule has 2 aromatic carbocycles. The highest BCUT2D eigenvalue weighted by Crippen LogP contribution is 2.55. The molecule has 10 heteroatoms. The second-order valence-electron chi connectivity index (χ2n) is 12.2. The van der Waals surface area contributed by atoms with Crippen LogP contribution in [0, 0.1) is 5.92 Å². The Hall–Kier alpha value is -3.25. The summed E-state index contributed by atoms with van der Waals surface area (Å²) >= 11 is 0. The molecule has 9 atom stereocenters. The van der Waals surface area contributed by atoms with E-state index in [9.17, 15) is 19.8 Å². The van der Waals surface area contributed by atoms with E-state index in [1.165, 1.54) is 0 Å². The average molecular weight is 588 g/mol. The number of nitrogens with zero attached hydrogens (tertiary/aromatic N) is 2. The van der Waals surface area contributed by atoms with E-state index in [4.69, 9.17) is 19.2 Å².